The summed E-state index contributed by atoms with van der Waals surface area (Å²) >= 11 is 5.99. The van der Waals surface area contributed by atoms with Gasteiger partial charge < -0.3 is 15.2 Å². The molecule has 5 heteroatoms. The number of halogens is 1. The third-order valence-corrected chi connectivity index (χ3v) is 2.44. The van der Waals surface area contributed by atoms with Gasteiger partial charge in [-0.25, -0.2) is 0 Å². The zero-order chi connectivity index (χ0) is 12.3. The molecular weight excluding hydrogens is 230 g/mol. The van der Waals surface area contributed by atoms with E-state index in [1.807, 2.05) is 0 Å². The zero-order valence-electron chi connectivity index (χ0n) is 9.41. The van der Waals surface area contributed by atoms with E-state index in [0.717, 1.165) is 0 Å². The third-order valence-electron chi connectivity index (χ3n) is 2.14. The van der Waals surface area contributed by atoms with Crippen molar-refractivity contribution in [3.63, 3.8) is 0 Å². The van der Waals surface area contributed by atoms with Gasteiger partial charge in [0.05, 0.1) is 30.8 Å². The van der Waals surface area contributed by atoms with E-state index in [1.165, 1.54) is 14.2 Å². The highest BCUT2D eigenvalue weighted by molar-refractivity contribution is 6.34. The Morgan fingerprint density at radius 1 is 1.38 bits per heavy atom. The van der Waals surface area contributed by atoms with Gasteiger partial charge in [-0.05, 0) is 13.0 Å². The number of hydrogen-bond acceptors (Lipinski definition) is 4. The molecule has 0 aromatic heterocycles. The van der Waals surface area contributed by atoms with Crippen LogP contribution in [0, 0.1) is 0 Å². The molecule has 0 saturated heterocycles. The summed E-state index contributed by atoms with van der Waals surface area (Å²) in [7, 11) is 2.97. The number of carbonyl (C=O) groups is 1. The van der Waals surface area contributed by atoms with Crippen LogP contribution in [0.4, 0.5) is 0 Å². The topological polar surface area (TPSA) is 61.5 Å². The van der Waals surface area contributed by atoms with E-state index in [9.17, 15) is 4.79 Å². The molecule has 1 unspecified atom stereocenters. The summed E-state index contributed by atoms with van der Waals surface area (Å²) in [6.45, 7) is 1.60. The third kappa shape index (κ3) is 2.46. The number of rotatable bonds is 4. The van der Waals surface area contributed by atoms with Gasteiger partial charge in [0.25, 0.3) is 0 Å². The molecule has 1 aromatic carbocycles. The van der Waals surface area contributed by atoms with Crippen LogP contribution in [0.3, 0.4) is 0 Å². The Bertz CT molecular complexity index is 404. The first kappa shape index (κ1) is 12.8. The van der Waals surface area contributed by atoms with Gasteiger partial charge in [0.15, 0.2) is 5.78 Å². The molecule has 0 aliphatic carbocycles. The Labute approximate surface area is 99.3 Å². The zero-order valence-corrected chi connectivity index (χ0v) is 10.2. The van der Waals surface area contributed by atoms with Crippen molar-refractivity contribution >= 4 is 17.4 Å². The number of Topliss-reactive ketones (excluding diaryl/α,β-unsaturated/α-hetero) is 1. The van der Waals surface area contributed by atoms with Crippen LogP contribution in [-0.4, -0.2) is 26.0 Å². The van der Waals surface area contributed by atoms with Crippen molar-refractivity contribution in [3.8, 4) is 11.5 Å². The van der Waals surface area contributed by atoms with Gasteiger partial charge in [0.1, 0.15) is 11.5 Å². The first-order valence-corrected chi connectivity index (χ1v) is 5.10. The highest BCUT2D eigenvalue weighted by Gasteiger charge is 2.20. The minimum Gasteiger partial charge on any atom is -0.497 e. The van der Waals surface area contributed by atoms with Crippen LogP contribution >= 0.6 is 11.6 Å². The summed E-state index contributed by atoms with van der Waals surface area (Å²) in [5.74, 6) is 0.638. The van der Waals surface area contributed by atoms with E-state index in [4.69, 9.17) is 26.8 Å². The molecule has 0 aliphatic rings. The number of ether oxygens (including phenoxy) is 2. The van der Waals surface area contributed by atoms with E-state index in [2.05, 4.69) is 0 Å². The Hall–Kier alpha value is -1.26. The van der Waals surface area contributed by atoms with Crippen molar-refractivity contribution in [2.24, 2.45) is 5.73 Å². The fourth-order valence-electron chi connectivity index (χ4n) is 1.30. The van der Waals surface area contributed by atoms with Crippen LogP contribution in [0.2, 0.25) is 5.02 Å². The van der Waals surface area contributed by atoms with Gasteiger partial charge in [-0.3, -0.25) is 4.79 Å². The lowest BCUT2D eigenvalue weighted by Crippen LogP contribution is -2.27. The summed E-state index contributed by atoms with van der Waals surface area (Å²) < 4.78 is 10.1. The second-order valence-electron chi connectivity index (χ2n) is 3.34. The van der Waals surface area contributed by atoms with Gasteiger partial charge in [-0.1, -0.05) is 11.6 Å². The van der Waals surface area contributed by atoms with Crippen molar-refractivity contribution in [2.45, 2.75) is 13.0 Å². The molecule has 4 nitrogen and oxygen atoms in total. The van der Waals surface area contributed by atoms with E-state index < -0.39 is 6.04 Å². The first-order chi connectivity index (χ1) is 7.51. The molecular formula is C11H14ClNO3. The van der Waals surface area contributed by atoms with Gasteiger partial charge in [-0.2, -0.15) is 0 Å². The largest absolute Gasteiger partial charge is 0.497 e. The SMILES string of the molecule is COc1cc(Cl)c(C(=O)C(C)N)c(OC)c1. The van der Waals surface area contributed by atoms with Crippen LogP contribution in [0.25, 0.3) is 0 Å². The molecule has 88 valence electrons. The van der Waals surface area contributed by atoms with Gasteiger partial charge in [0, 0.05) is 6.07 Å². The molecule has 0 aliphatic heterocycles. The summed E-state index contributed by atoms with van der Waals surface area (Å²) in [5, 5.41) is 0.276. The Morgan fingerprint density at radius 3 is 2.44 bits per heavy atom. The number of methoxy groups -OCH3 is 2. The predicted molar refractivity (Wildman–Crippen MR) is 62.5 cm³/mol. The van der Waals surface area contributed by atoms with Gasteiger partial charge in [0.2, 0.25) is 0 Å². The fourth-order valence-corrected chi connectivity index (χ4v) is 1.60. The summed E-state index contributed by atoms with van der Waals surface area (Å²) in [6.07, 6.45) is 0. The second kappa shape index (κ2) is 5.18. The Kier molecular flexibility index (Phi) is 4.15. The fraction of sp³-hybridized carbons (Fsp3) is 0.364. The minimum absolute atomic E-state index is 0.260. The molecule has 0 bridgehead atoms. The summed E-state index contributed by atoms with van der Waals surface area (Å²) in [5.41, 5.74) is 5.83. The van der Waals surface area contributed by atoms with Gasteiger partial charge in [-0.15, -0.1) is 0 Å². The predicted octanol–water partition coefficient (Wildman–Crippen LogP) is 1.89. The normalized spacial score (nSPS) is 12.1. The lowest BCUT2D eigenvalue weighted by atomic mass is 10.0. The molecule has 16 heavy (non-hydrogen) atoms. The van der Waals surface area contributed by atoms with Crippen LogP contribution in [-0.2, 0) is 0 Å². The van der Waals surface area contributed by atoms with Crippen LogP contribution in [0.15, 0.2) is 12.1 Å². The Morgan fingerprint density at radius 2 is 2.00 bits per heavy atom. The van der Waals surface area contributed by atoms with Crippen LogP contribution < -0.4 is 15.2 Å². The van der Waals surface area contributed by atoms with Crippen molar-refractivity contribution in [3.05, 3.63) is 22.7 Å². The number of benzene rings is 1. The van der Waals surface area contributed by atoms with E-state index in [0.29, 0.717) is 17.1 Å². The maximum Gasteiger partial charge on any atom is 0.184 e. The summed E-state index contributed by atoms with van der Waals surface area (Å²) in [4.78, 5) is 11.8. The lowest BCUT2D eigenvalue weighted by Gasteiger charge is -2.13. The smallest absolute Gasteiger partial charge is 0.184 e. The molecule has 0 spiro atoms. The molecule has 0 radical (unpaired) electrons. The number of ketones is 1. The van der Waals surface area contributed by atoms with Crippen LogP contribution in [0.1, 0.15) is 17.3 Å². The first-order valence-electron chi connectivity index (χ1n) is 4.72. The maximum absolute atomic E-state index is 11.8. The molecule has 1 rings (SSSR count). The average molecular weight is 244 g/mol. The van der Waals surface area contributed by atoms with Crippen LogP contribution in [0.5, 0.6) is 11.5 Å². The van der Waals surface area contributed by atoms with E-state index in [-0.39, 0.29) is 10.8 Å². The summed E-state index contributed by atoms with van der Waals surface area (Å²) in [6, 6.07) is 2.53. The van der Waals surface area contributed by atoms with E-state index in [1.54, 1.807) is 19.1 Å². The minimum atomic E-state index is -0.625. The number of nitrogens with two attached hydrogens (primary N) is 1. The van der Waals surface area contributed by atoms with Gasteiger partial charge >= 0.3 is 0 Å². The highest BCUT2D eigenvalue weighted by atomic mass is 35.5. The highest BCUT2D eigenvalue weighted by Crippen LogP contribution is 2.32. The molecule has 0 fully saturated rings. The lowest BCUT2D eigenvalue weighted by molar-refractivity contribution is 0.0965. The average Bonchev–Trinajstić information content (AvgIpc) is 2.26. The molecule has 0 saturated carbocycles. The molecule has 1 aromatic rings. The monoisotopic (exact) mass is 243 g/mol. The molecule has 0 heterocycles. The van der Waals surface area contributed by atoms with E-state index >= 15 is 0 Å². The number of carbonyl (C=O) groups excluding carboxylic acids is 1. The van der Waals surface area contributed by atoms with Crippen molar-refractivity contribution in [2.75, 3.05) is 14.2 Å². The second-order valence-corrected chi connectivity index (χ2v) is 3.75. The van der Waals surface area contributed by atoms with Crippen molar-refractivity contribution < 1.29 is 14.3 Å². The standard InChI is InChI=1S/C11H14ClNO3/c1-6(13)11(14)10-8(12)4-7(15-2)5-9(10)16-3/h4-6H,13H2,1-3H3. The van der Waals surface area contributed by atoms with Crippen molar-refractivity contribution in [1.29, 1.82) is 0 Å². The molecule has 2 N–H and O–H groups in total. The van der Waals surface area contributed by atoms with Crippen molar-refractivity contribution in [1.82, 2.24) is 0 Å². The number of hydrogen-bond donors (Lipinski definition) is 1. The molecule has 1 atom stereocenters. The Balaban J connectivity index is 3.32. The quantitative estimate of drug-likeness (QED) is 0.821. The molecule has 0 amide bonds. The maximum atomic E-state index is 11.8.